The normalized spacial score (nSPS) is 11.1. The first-order valence-electron chi connectivity index (χ1n) is 8.68. The second-order valence-corrected chi connectivity index (χ2v) is 8.04. The number of aromatic nitrogens is 5. The van der Waals surface area contributed by atoms with Crippen LogP contribution in [-0.2, 0) is 25.1 Å². The number of aryl methyl sites for hydroxylation is 2. The summed E-state index contributed by atoms with van der Waals surface area (Å²) in [5, 5.41) is 15.7. The average molecular weight is 398 g/mol. The lowest BCUT2D eigenvalue weighted by Gasteiger charge is -2.09. The van der Waals surface area contributed by atoms with Crippen molar-refractivity contribution < 1.29 is 4.52 Å². The monoisotopic (exact) mass is 397 g/mol. The van der Waals surface area contributed by atoms with Gasteiger partial charge in [-0.1, -0.05) is 53.3 Å². The molecule has 0 fully saturated rings. The average Bonchev–Trinajstić information content (AvgIpc) is 3.42. The van der Waals surface area contributed by atoms with E-state index in [2.05, 4.69) is 66.7 Å². The first-order chi connectivity index (χ1) is 13.3. The lowest BCUT2D eigenvalue weighted by Crippen LogP contribution is -2.08. The highest BCUT2D eigenvalue weighted by atomic mass is 32.2. The van der Waals surface area contributed by atoms with Gasteiger partial charge in [-0.05, 0) is 30.4 Å². The molecule has 8 heteroatoms. The molecule has 0 saturated heterocycles. The molecular weight excluding hydrogens is 378 g/mol. The van der Waals surface area contributed by atoms with E-state index in [0.717, 1.165) is 30.4 Å². The largest absolute Gasteiger partial charge is 0.338 e. The molecule has 0 N–H and O–H groups in total. The minimum atomic E-state index is 0.587. The van der Waals surface area contributed by atoms with Crippen molar-refractivity contribution in [3.05, 3.63) is 75.8 Å². The van der Waals surface area contributed by atoms with Gasteiger partial charge >= 0.3 is 0 Å². The van der Waals surface area contributed by atoms with Crippen molar-refractivity contribution in [3.8, 4) is 0 Å². The maximum absolute atomic E-state index is 5.21. The van der Waals surface area contributed by atoms with Crippen molar-refractivity contribution in [3.63, 3.8) is 0 Å². The molecule has 4 aromatic rings. The highest BCUT2D eigenvalue weighted by Gasteiger charge is 2.15. The molecule has 0 atom stereocenters. The predicted molar refractivity (Wildman–Crippen MR) is 106 cm³/mol. The number of rotatable bonds is 8. The Balaban J connectivity index is 1.52. The summed E-state index contributed by atoms with van der Waals surface area (Å²) in [5.41, 5.74) is 1.30. The first-order valence-corrected chi connectivity index (χ1v) is 10.5. The van der Waals surface area contributed by atoms with E-state index in [4.69, 9.17) is 4.52 Å². The van der Waals surface area contributed by atoms with Crippen LogP contribution in [0.5, 0.6) is 0 Å². The van der Waals surface area contributed by atoms with Gasteiger partial charge in [0, 0.05) is 17.8 Å². The van der Waals surface area contributed by atoms with Crippen LogP contribution in [0.15, 0.2) is 57.5 Å². The zero-order valence-corrected chi connectivity index (χ0v) is 16.5. The number of benzene rings is 1. The van der Waals surface area contributed by atoms with Crippen molar-refractivity contribution >= 4 is 23.1 Å². The Hall–Kier alpha value is -2.45. The maximum atomic E-state index is 5.21. The minimum Gasteiger partial charge on any atom is -0.338 e. The van der Waals surface area contributed by atoms with E-state index in [1.807, 2.05) is 13.0 Å². The summed E-state index contributed by atoms with van der Waals surface area (Å²) in [6, 6.07) is 14.7. The van der Waals surface area contributed by atoms with Crippen LogP contribution in [0.25, 0.3) is 0 Å². The van der Waals surface area contributed by atoms with Crippen LogP contribution >= 0.6 is 23.1 Å². The summed E-state index contributed by atoms with van der Waals surface area (Å²) in [6.07, 6.45) is 1.73. The molecule has 27 heavy (non-hydrogen) atoms. The van der Waals surface area contributed by atoms with E-state index in [1.54, 1.807) is 23.1 Å². The minimum absolute atomic E-state index is 0.587. The van der Waals surface area contributed by atoms with Crippen LogP contribution in [0.2, 0.25) is 0 Å². The quantitative estimate of drug-likeness (QED) is 0.416. The third-order valence-corrected chi connectivity index (χ3v) is 5.90. The second kappa shape index (κ2) is 8.49. The Bertz CT molecular complexity index is 979. The zero-order chi connectivity index (χ0) is 18.5. The molecule has 0 saturated carbocycles. The molecule has 0 amide bonds. The number of thioether (sulfide) groups is 1. The molecular formula is C19H19N5OS2. The highest BCUT2D eigenvalue weighted by molar-refractivity contribution is 7.98. The van der Waals surface area contributed by atoms with Crippen molar-refractivity contribution in [2.24, 2.45) is 0 Å². The van der Waals surface area contributed by atoms with Gasteiger partial charge in [-0.15, -0.1) is 21.5 Å². The van der Waals surface area contributed by atoms with E-state index < -0.39 is 0 Å². The fourth-order valence-electron chi connectivity index (χ4n) is 2.76. The molecule has 138 valence electrons. The molecule has 4 rings (SSSR count). The Morgan fingerprint density at radius 2 is 2.00 bits per heavy atom. The smallest absolute Gasteiger partial charge is 0.237 e. The molecule has 0 bridgehead atoms. The Morgan fingerprint density at radius 1 is 1.11 bits per heavy atom. The Kier molecular flexibility index (Phi) is 5.64. The lowest BCUT2D eigenvalue weighted by atomic mass is 10.1. The molecule has 3 heterocycles. The van der Waals surface area contributed by atoms with Gasteiger partial charge in [0.2, 0.25) is 5.89 Å². The summed E-state index contributed by atoms with van der Waals surface area (Å²) < 4.78 is 7.42. The van der Waals surface area contributed by atoms with Crippen LogP contribution in [0.4, 0.5) is 0 Å². The van der Waals surface area contributed by atoms with E-state index in [9.17, 15) is 0 Å². The van der Waals surface area contributed by atoms with Crippen LogP contribution in [0.3, 0.4) is 0 Å². The molecule has 0 radical (unpaired) electrons. The third kappa shape index (κ3) is 4.64. The van der Waals surface area contributed by atoms with E-state index in [1.165, 1.54) is 10.4 Å². The van der Waals surface area contributed by atoms with Gasteiger partial charge in [0.1, 0.15) is 5.82 Å². The van der Waals surface area contributed by atoms with Crippen molar-refractivity contribution in [1.82, 2.24) is 24.9 Å². The molecule has 0 aliphatic heterocycles. The van der Waals surface area contributed by atoms with Gasteiger partial charge in [-0.25, -0.2) is 0 Å². The van der Waals surface area contributed by atoms with Gasteiger partial charge < -0.3 is 9.09 Å². The first kappa shape index (κ1) is 17.9. The molecule has 1 aromatic carbocycles. The van der Waals surface area contributed by atoms with E-state index in [0.29, 0.717) is 17.5 Å². The molecule has 6 nitrogen and oxygen atoms in total. The molecule has 0 unspecified atom stereocenters. The van der Waals surface area contributed by atoms with E-state index >= 15 is 0 Å². The number of hydrogen-bond donors (Lipinski definition) is 0. The third-order valence-electron chi connectivity index (χ3n) is 4.07. The van der Waals surface area contributed by atoms with Crippen molar-refractivity contribution in [1.29, 1.82) is 0 Å². The topological polar surface area (TPSA) is 69.6 Å². The van der Waals surface area contributed by atoms with Gasteiger partial charge in [0.25, 0.3) is 0 Å². The summed E-state index contributed by atoms with van der Waals surface area (Å²) in [4.78, 5) is 5.55. The van der Waals surface area contributed by atoms with Gasteiger partial charge in [0.15, 0.2) is 11.0 Å². The van der Waals surface area contributed by atoms with Crippen LogP contribution < -0.4 is 0 Å². The molecule has 0 spiro atoms. The molecule has 0 aliphatic carbocycles. The lowest BCUT2D eigenvalue weighted by molar-refractivity contribution is 0.387. The number of thiophene rings is 1. The fourth-order valence-corrected chi connectivity index (χ4v) is 4.28. The van der Waals surface area contributed by atoms with E-state index in [-0.39, 0.29) is 0 Å². The van der Waals surface area contributed by atoms with Gasteiger partial charge in [-0.3, -0.25) is 0 Å². The van der Waals surface area contributed by atoms with Crippen molar-refractivity contribution in [2.75, 3.05) is 0 Å². The SMILES string of the molecule is Cc1noc(CSc2nnc(Cc3cccs3)n2CCc2ccccc2)n1. The summed E-state index contributed by atoms with van der Waals surface area (Å²) >= 11 is 3.32. The Morgan fingerprint density at radius 3 is 2.74 bits per heavy atom. The fraction of sp³-hybridized carbons (Fsp3) is 0.263. The number of hydrogen-bond acceptors (Lipinski definition) is 7. The summed E-state index contributed by atoms with van der Waals surface area (Å²) in [6.45, 7) is 2.65. The van der Waals surface area contributed by atoms with Crippen LogP contribution in [-0.4, -0.2) is 24.9 Å². The molecule has 3 aromatic heterocycles. The predicted octanol–water partition coefficient (Wildman–Crippen LogP) is 4.16. The number of nitrogens with zero attached hydrogens (tertiary/aromatic N) is 5. The maximum Gasteiger partial charge on any atom is 0.237 e. The van der Waals surface area contributed by atoms with Crippen molar-refractivity contribution in [2.45, 2.75) is 37.2 Å². The zero-order valence-electron chi connectivity index (χ0n) is 14.9. The highest BCUT2D eigenvalue weighted by Crippen LogP contribution is 2.23. The van der Waals surface area contributed by atoms with Gasteiger partial charge in [-0.2, -0.15) is 4.98 Å². The van der Waals surface area contributed by atoms with Crippen LogP contribution in [0.1, 0.15) is 28.0 Å². The Labute approximate surface area is 165 Å². The molecule has 0 aliphatic rings. The summed E-state index contributed by atoms with van der Waals surface area (Å²) in [5.74, 6) is 2.82. The summed E-state index contributed by atoms with van der Waals surface area (Å²) in [7, 11) is 0. The van der Waals surface area contributed by atoms with Gasteiger partial charge in [0.05, 0.1) is 5.75 Å². The second-order valence-electron chi connectivity index (χ2n) is 6.07. The standard InChI is InChI=1S/C19H19N5OS2/c1-14-20-18(25-23-14)13-27-19-22-21-17(12-16-8-5-11-26-16)24(19)10-9-15-6-3-2-4-7-15/h2-8,11H,9-10,12-13H2,1H3. The van der Waals surface area contributed by atoms with Crippen LogP contribution in [0, 0.1) is 6.92 Å².